The average Bonchev–Trinajstić information content (AvgIpc) is 3.18. The number of fused-ring (bicyclic) bond motifs is 1. The third-order valence-corrected chi connectivity index (χ3v) is 6.33. The number of ether oxygens (including phenoxy) is 1. The van der Waals surface area contributed by atoms with E-state index in [1.165, 1.54) is 0 Å². The Balaban J connectivity index is 1.38. The molecule has 3 aromatic heterocycles. The number of thiazole rings is 1. The van der Waals surface area contributed by atoms with E-state index >= 15 is 0 Å². The van der Waals surface area contributed by atoms with Gasteiger partial charge >= 0.3 is 0 Å². The molecule has 8 heteroatoms. The summed E-state index contributed by atoms with van der Waals surface area (Å²) >= 11 is 1.63. The van der Waals surface area contributed by atoms with Crippen molar-refractivity contribution in [2.24, 2.45) is 0 Å². The van der Waals surface area contributed by atoms with E-state index in [4.69, 9.17) is 4.74 Å². The van der Waals surface area contributed by atoms with Gasteiger partial charge in [0.25, 0.3) is 0 Å². The summed E-state index contributed by atoms with van der Waals surface area (Å²) in [6.45, 7) is 4.58. The molecule has 6 nitrogen and oxygen atoms in total. The van der Waals surface area contributed by atoms with Gasteiger partial charge in [0.15, 0.2) is 5.65 Å². The fourth-order valence-electron chi connectivity index (χ4n) is 3.76. The molecule has 0 unspecified atom stereocenters. The highest BCUT2D eigenvalue weighted by Crippen LogP contribution is 2.32. The van der Waals surface area contributed by atoms with Crippen LogP contribution in [0.15, 0.2) is 30.6 Å². The lowest BCUT2D eigenvalue weighted by Crippen LogP contribution is -2.36. The Morgan fingerprint density at radius 3 is 2.75 bits per heavy atom. The van der Waals surface area contributed by atoms with E-state index in [-0.39, 0.29) is 0 Å². The second-order valence-corrected chi connectivity index (χ2v) is 8.25. The molecule has 2 aliphatic heterocycles. The lowest BCUT2D eigenvalue weighted by Gasteiger charge is -2.29. The summed E-state index contributed by atoms with van der Waals surface area (Å²) in [5.41, 5.74) is 2.84. The largest absolute Gasteiger partial charge is 0.378 e. The number of aromatic nitrogens is 3. The van der Waals surface area contributed by atoms with Crippen molar-refractivity contribution in [1.29, 1.82) is 0 Å². The zero-order chi connectivity index (χ0) is 18.9. The normalized spacial score (nSPS) is 20.7. The Morgan fingerprint density at radius 2 is 1.96 bits per heavy atom. The molecular weight excluding hydrogens is 377 g/mol. The molecule has 0 saturated carbocycles. The highest BCUT2D eigenvalue weighted by molar-refractivity contribution is 7.21. The minimum Gasteiger partial charge on any atom is -0.378 e. The van der Waals surface area contributed by atoms with Crippen LogP contribution in [0, 0.1) is 0 Å². The zero-order valence-electron chi connectivity index (χ0n) is 15.6. The first kappa shape index (κ1) is 17.8. The predicted octanol–water partition coefficient (Wildman–Crippen LogP) is 3.53. The lowest BCUT2D eigenvalue weighted by atomic mass is 10.1. The smallest absolute Gasteiger partial charge is 0.171 e. The number of anilines is 2. The molecule has 146 valence electrons. The number of halogens is 1. The maximum Gasteiger partial charge on any atom is 0.171 e. The molecule has 0 aliphatic carbocycles. The van der Waals surface area contributed by atoms with Crippen LogP contribution < -0.4 is 9.80 Å². The maximum absolute atomic E-state index is 13.7. The molecule has 1 atom stereocenters. The van der Waals surface area contributed by atoms with Gasteiger partial charge in [0.05, 0.1) is 36.3 Å². The van der Waals surface area contributed by atoms with Crippen LogP contribution >= 0.6 is 11.3 Å². The van der Waals surface area contributed by atoms with Gasteiger partial charge < -0.3 is 14.5 Å². The van der Waals surface area contributed by atoms with Crippen molar-refractivity contribution in [3.05, 3.63) is 30.6 Å². The van der Waals surface area contributed by atoms with Crippen molar-refractivity contribution < 1.29 is 9.13 Å². The van der Waals surface area contributed by atoms with Gasteiger partial charge in [-0.15, -0.1) is 11.3 Å². The van der Waals surface area contributed by atoms with E-state index in [0.29, 0.717) is 13.0 Å². The third-order valence-electron chi connectivity index (χ3n) is 5.29. The number of morpholine rings is 1. The van der Waals surface area contributed by atoms with Gasteiger partial charge in [-0.1, -0.05) is 0 Å². The van der Waals surface area contributed by atoms with Crippen molar-refractivity contribution in [3.8, 4) is 10.6 Å². The predicted molar refractivity (Wildman–Crippen MR) is 110 cm³/mol. The number of hydrogen-bond donors (Lipinski definition) is 0. The quantitative estimate of drug-likeness (QED) is 0.672. The van der Waals surface area contributed by atoms with Crippen LogP contribution in [0.5, 0.6) is 0 Å². The molecule has 0 radical (unpaired) electrons. The van der Waals surface area contributed by atoms with Gasteiger partial charge in [0.2, 0.25) is 0 Å². The van der Waals surface area contributed by atoms with E-state index in [9.17, 15) is 4.39 Å². The number of piperidine rings is 1. The molecule has 28 heavy (non-hydrogen) atoms. The van der Waals surface area contributed by atoms with E-state index in [2.05, 4.69) is 25.9 Å². The molecule has 0 amide bonds. The fraction of sp³-hybridized carbons (Fsp3) is 0.450. The first-order valence-corrected chi connectivity index (χ1v) is 10.5. The average molecular weight is 399 g/mol. The van der Waals surface area contributed by atoms with Crippen LogP contribution in [0.4, 0.5) is 15.9 Å². The number of hydrogen-bond acceptors (Lipinski definition) is 7. The minimum atomic E-state index is -0.758. The molecule has 0 N–H and O–H groups in total. The number of nitrogens with zero attached hydrogens (tertiary/aromatic N) is 5. The summed E-state index contributed by atoms with van der Waals surface area (Å²) in [5, 5.41) is 0.905. The van der Waals surface area contributed by atoms with Crippen LogP contribution in [-0.4, -0.2) is 60.5 Å². The second kappa shape index (κ2) is 7.60. The number of rotatable bonds is 3. The Kier molecular flexibility index (Phi) is 4.82. The highest BCUT2D eigenvalue weighted by atomic mass is 32.1. The van der Waals surface area contributed by atoms with E-state index in [0.717, 1.165) is 71.7 Å². The molecular formula is C20H22FN5OS. The molecule has 2 fully saturated rings. The fourth-order valence-corrected chi connectivity index (χ4v) is 4.71. The summed E-state index contributed by atoms with van der Waals surface area (Å²) in [4.78, 5) is 18.1. The summed E-state index contributed by atoms with van der Waals surface area (Å²) in [6.07, 6.45) is 4.49. The monoisotopic (exact) mass is 399 g/mol. The van der Waals surface area contributed by atoms with Gasteiger partial charge in [0, 0.05) is 31.4 Å². The van der Waals surface area contributed by atoms with Crippen LogP contribution in [0.1, 0.15) is 12.8 Å². The highest BCUT2D eigenvalue weighted by Gasteiger charge is 2.20. The van der Waals surface area contributed by atoms with Crippen LogP contribution in [0.3, 0.4) is 0 Å². The molecule has 0 aromatic carbocycles. The molecule has 0 bridgehead atoms. The van der Waals surface area contributed by atoms with Gasteiger partial charge in [-0.2, -0.15) is 0 Å². The summed E-state index contributed by atoms with van der Waals surface area (Å²) in [5.74, 6) is 0.833. The molecule has 2 aliphatic rings. The van der Waals surface area contributed by atoms with E-state index in [1.807, 2.05) is 29.4 Å². The van der Waals surface area contributed by atoms with Crippen LogP contribution in [0.25, 0.3) is 20.9 Å². The second-order valence-electron chi connectivity index (χ2n) is 7.22. The zero-order valence-corrected chi connectivity index (χ0v) is 16.4. The van der Waals surface area contributed by atoms with Gasteiger partial charge in [-0.05, 0) is 31.0 Å². The maximum atomic E-state index is 13.7. The van der Waals surface area contributed by atoms with E-state index < -0.39 is 6.17 Å². The van der Waals surface area contributed by atoms with Crippen molar-refractivity contribution >= 4 is 33.2 Å². The summed E-state index contributed by atoms with van der Waals surface area (Å²) in [6, 6.07) is 6.14. The van der Waals surface area contributed by atoms with Gasteiger partial charge in [0.1, 0.15) is 17.0 Å². The van der Waals surface area contributed by atoms with E-state index in [1.54, 1.807) is 11.3 Å². The Morgan fingerprint density at radius 1 is 1.07 bits per heavy atom. The molecule has 5 rings (SSSR count). The van der Waals surface area contributed by atoms with Crippen LogP contribution in [0.2, 0.25) is 0 Å². The van der Waals surface area contributed by atoms with Crippen molar-refractivity contribution in [1.82, 2.24) is 15.0 Å². The summed E-state index contributed by atoms with van der Waals surface area (Å²) < 4.78 is 20.1. The SMILES string of the molecule is F[C@@H]1CCCN(c2ccc(-c3nc4ncc(N5CCOCC5)cc4s3)cn2)C1. The Labute approximate surface area is 167 Å². The van der Waals surface area contributed by atoms with Gasteiger partial charge in [-0.25, -0.2) is 19.3 Å². The Hall–Kier alpha value is -2.32. The number of alkyl halides is 1. The summed E-state index contributed by atoms with van der Waals surface area (Å²) in [7, 11) is 0. The first-order chi connectivity index (χ1) is 13.8. The third kappa shape index (κ3) is 3.54. The topological polar surface area (TPSA) is 54.4 Å². The molecule has 5 heterocycles. The first-order valence-electron chi connectivity index (χ1n) is 9.71. The molecule has 2 saturated heterocycles. The van der Waals surface area contributed by atoms with Gasteiger partial charge in [-0.3, -0.25) is 0 Å². The van der Waals surface area contributed by atoms with Crippen molar-refractivity contribution in [2.45, 2.75) is 19.0 Å². The minimum absolute atomic E-state index is 0.432. The Bertz CT molecular complexity index is 957. The molecule has 3 aromatic rings. The van der Waals surface area contributed by atoms with Crippen LogP contribution in [-0.2, 0) is 4.74 Å². The standard InChI is InChI=1S/C20H22FN5OS/c21-15-2-1-5-26(13-15)18-4-3-14(11-22-18)20-24-19-17(28-20)10-16(12-23-19)25-6-8-27-9-7-25/h3-4,10-12,15H,1-2,5-9,13H2/t15-/m1/s1. The molecule has 0 spiro atoms. The number of pyridine rings is 2. The lowest BCUT2D eigenvalue weighted by molar-refractivity contribution is 0.122. The van der Waals surface area contributed by atoms with Crippen molar-refractivity contribution in [3.63, 3.8) is 0 Å². The van der Waals surface area contributed by atoms with Crippen molar-refractivity contribution in [2.75, 3.05) is 49.2 Å².